The number of amides is 2. The lowest BCUT2D eigenvalue weighted by molar-refractivity contribution is 0.135. The van der Waals surface area contributed by atoms with E-state index < -0.39 is 12.2 Å². The molecule has 1 aliphatic carbocycles. The Morgan fingerprint density at radius 2 is 1.89 bits per heavy atom. The lowest BCUT2D eigenvalue weighted by atomic mass is 9.91. The topological polar surface area (TPSA) is 87.7 Å². The predicted molar refractivity (Wildman–Crippen MR) is 71.2 cm³/mol. The van der Waals surface area contributed by atoms with Crippen molar-refractivity contribution in [3.8, 4) is 0 Å². The fourth-order valence-electron chi connectivity index (χ4n) is 2.35. The largest absolute Gasteiger partial charge is 0.465 e. The van der Waals surface area contributed by atoms with Gasteiger partial charge in [-0.2, -0.15) is 0 Å². The summed E-state index contributed by atoms with van der Waals surface area (Å²) in [5.41, 5.74) is 0. The smallest absolute Gasteiger partial charge is 0.407 e. The van der Waals surface area contributed by atoms with Crippen molar-refractivity contribution in [1.82, 2.24) is 10.6 Å². The van der Waals surface area contributed by atoms with Crippen molar-refractivity contribution < 1.29 is 19.4 Å². The number of carboxylic acid groups (broad SMARTS) is 1. The number of unbranched alkanes of at least 4 members (excludes halogenated alkanes) is 2. The van der Waals surface area contributed by atoms with Crippen LogP contribution in [0.4, 0.5) is 9.59 Å². The second-order valence-corrected chi connectivity index (χ2v) is 5.00. The predicted octanol–water partition coefficient (Wildman–Crippen LogP) is 2.48. The molecule has 0 saturated heterocycles. The van der Waals surface area contributed by atoms with Crippen LogP contribution < -0.4 is 10.6 Å². The van der Waals surface area contributed by atoms with Crippen LogP contribution in [0, 0.1) is 0 Å². The van der Waals surface area contributed by atoms with Crippen LogP contribution in [0.15, 0.2) is 0 Å². The number of hydrogen-bond acceptors (Lipinski definition) is 3. The third kappa shape index (κ3) is 6.88. The normalized spacial score (nSPS) is 22.6. The van der Waals surface area contributed by atoms with Crippen molar-refractivity contribution in [2.75, 3.05) is 6.61 Å². The highest BCUT2D eigenvalue weighted by atomic mass is 16.5. The Kier molecular flexibility index (Phi) is 7.07. The van der Waals surface area contributed by atoms with Gasteiger partial charge in [-0.05, 0) is 32.1 Å². The van der Waals surface area contributed by atoms with Gasteiger partial charge in [0.2, 0.25) is 0 Å². The van der Waals surface area contributed by atoms with Crippen molar-refractivity contribution >= 4 is 12.2 Å². The summed E-state index contributed by atoms with van der Waals surface area (Å²) in [7, 11) is 0. The Bertz CT molecular complexity index is 296. The van der Waals surface area contributed by atoms with Gasteiger partial charge in [0.15, 0.2) is 0 Å². The molecule has 110 valence electrons. The van der Waals surface area contributed by atoms with Gasteiger partial charge >= 0.3 is 12.2 Å². The summed E-state index contributed by atoms with van der Waals surface area (Å²) >= 11 is 0. The average molecular weight is 272 g/mol. The molecule has 0 heterocycles. The van der Waals surface area contributed by atoms with Crippen molar-refractivity contribution in [3.05, 3.63) is 0 Å². The second-order valence-electron chi connectivity index (χ2n) is 5.00. The lowest BCUT2D eigenvalue weighted by Crippen LogP contribution is -2.45. The maximum absolute atomic E-state index is 11.5. The first kappa shape index (κ1) is 15.6. The van der Waals surface area contributed by atoms with Gasteiger partial charge in [-0.3, -0.25) is 0 Å². The molecular weight excluding hydrogens is 248 g/mol. The van der Waals surface area contributed by atoms with Crippen LogP contribution in [0.5, 0.6) is 0 Å². The molecule has 19 heavy (non-hydrogen) atoms. The zero-order valence-corrected chi connectivity index (χ0v) is 11.5. The van der Waals surface area contributed by atoms with Crippen LogP contribution in [0.1, 0.15) is 51.9 Å². The first-order valence-electron chi connectivity index (χ1n) is 7.04. The number of hydrogen-bond donors (Lipinski definition) is 3. The summed E-state index contributed by atoms with van der Waals surface area (Å²) in [4.78, 5) is 22.1. The van der Waals surface area contributed by atoms with Crippen LogP contribution in [0.2, 0.25) is 0 Å². The lowest BCUT2D eigenvalue weighted by Gasteiger charge is -2.29. The van der Waals surface area contributed by atoms with Gasteiger partial charge in [-0.25, -0.2) is 9.59 Å². The molecule has 0 bridgehead atoms. The minimum Gasteiger partial charge on any atom is -0.465 e. The van der Waals surface area contributed by atoms with Gasteiger partial charge < -0.3 is 20.5 Å². The number of nitrogens with one attached hydrogen (secondary N) is 2. The summed E-state index contributed by atoms with van der Waals surface area (Å²) in [5, 5.41) is 14.0. The summed E-state index contributed by atoms with van der Waals surface area (Å²) < 4.78 is 5.08. The van der Waals surface area contributed by atoms with Gasteiger partial charge in [-0.15, -0.1) is 0 Å². The van der Waals surface area contributed by atoms with Gasteiger partial charge in [0.05, 0.1) is 6.61 Å². The fourth-order valence-corrected chi connectivity index (χ4v) is 2.35. The Balaban J connectivity index is 2.20. The molecule has 1 fully saturated rings. The quantitative estimate of drug-likeness (QED) is 0.648. The molecule has 2 unspecified atom stereocenters. The van der Waals surface area contributed by atoms with Crippen LogP contribution in [0.25, 0.3) is 0 Å². The van der Waals surface area contributed by atoms with Gasteiger partial charge in [0.1, 0.15) is 0 Å². The van der Waals surface area contributed by atoms with Crippen LogP contribution in [-0.2, 0) is 4.74 Å². The summed E-state index contributed by atoms with van der Waals surface area (Å²) in [5.74, 6) is 0. The monoisotopic (exact) mass is 272 g/mol. The Morgan fingerprint density at radius 1 is 1.21 bits per heavy atom. The highest BCUT2D eigenvalue weighted by molar-refractivity contribution is 5.67. The van der Waals surface area contributed by atoms with E-state index in [2.05, 4.69) is 17.6 Å². The van der Waals surface area contributed by atoms with E-state index in [9.17, 15) is 9.59 Å². The highest BCUT2D eigenvalue weighted by Gasteiger charge is 2.24. The number of carbonyl (C=O) groups is 2. The van der Waals surface area contributed by atoms with Crippen molar-refractivity contribution in [1.29, 1.82) is 0 Å². The maximum atomic E-state index is 11.5. The van der Waals surface area contributed by atoms with E-state index in [0.717, 1.165) is 38.5 Å². The first-order valence-corrected chi connectivity index (χ1v) is 7.04. The molecule has 3 N–H and O–H groups in total. The van der Waals surface area contributed by atoms with Gasteiger partial charge in [-0.1, -0.05) is 19.8 Å². The number of rotatable bonds is 6. The van der Waals surface area contributed by atoms with Crippen LogP contribution >= 0.6 is 0 Å². The standard InChI is InChI=1S/C13H24N2O4/c1-2-3-4-8-19-13(18)15-11-7-5-6-10(9-11)14-12(16)17/h10-11,14H,2-9H2,1H3,(H,15,18)(H,16,17). The Hall–Kier alpha value is -1.46. The van der Waals surface area contributed by atoms with Crippen molar-refractivity contribution in [2.24, 2.45) is 0 Å². The minimum atomic E-state index is -1.01. The molecule has 0 radical (unpaired) electrons. The third-order valence-electron chi connectivity index (χ3n) is 3.30. The molecule has 2 atom stereocenters. The van der Waals surface area contributed by atoms with E-state index in [1.807, 2.05) is 0 Å². The van der Waals surface area contributed by atoms with Crippen LogP contribution in [-0.4, -0.2) is 36.0 Å². The summed E-state index contributed by atoms with van der Waals surface area (Å²) in [6.45, 7) is 2.54. The molecule has 0 aliphatic heterocycles. The minimum absolute atomic E-state index is 0.00396. The Labute approximate surface area is 113 Å². The van der Waals surface area contributed by atoms with E-state index in [0.29, 0.717) is 13.0 Å². The SMILES string of the molecule is CCCCCOC(=O)NC1CCCC(NC(=O)O)C1. The van der Waals surface area contributed by atoms with Gasteiger partial charge in [0, 0.05) is 12.1 Å². The summed E-state index contributed by atoms with van der Waals surface area (Å²) in [6, 6.07) is -0.0686. The third-order valence-corrected chi connectivity index (χ3v) is 3.30. The van der Waals surface area contributed by atoms with E-state index in [-0.39, 0.29) is 12.1 Å². The average Bonchev–Trinajstić information content (AvgIpc) is 2.34. The molecule has 1 rings (SSSR count). The molecule has 0 aromatic rings. The number of ether oxygens (including phenoxy) is 1. The van der Waals surface area contributed by atoms with Crippen molar-refractivity contribution in [3.63, 3.8) is 0 Å². The van der Waals surface area contributed by atoms with Crippen molar-refractivity contribution in [2.45, 2.75) is 64.0 Å². The molecule has 6 heteroatoms. The zero-order chi connectivity index (χ0) is 14.1. The van der Waals surface area contributed by atoms with Crippen LogP contribution in [0.3, 0.4) is 0 Å². The second kappa shape index (κ2) is 8.61. The fraction of sp³-hybridized carbons (Fsp3) is 0.846. The molecule has 2 amide bonds. The molecule has 0 aromatic heterocycles. The highest BCUT2D eigenvalue weighted by Crippen LogP contribution is 2.18. The first-order chi connectivity index (χ1) is 9.11. The zero-order valence-electron chi connectivity index (χ0n) is 11.5. The molecule has 1 saturated carbocycles. The number of alkyl carbamates (subject to hydrolysis) is 1. The van der Waals surface area contributed by atoms with E-state index in [1.54, 1.807) is 0 Å². The maximum Gasteiger partial charge on any atom is 0.407 e. The van der Waals surface area contributed by atoms with Gasteiger partial charge in [0.25, 0.3) is 0 Å². The molecule has 0 aromatic carbocycles. The Morgan fingerprint density at radius 3 is 2.53 bits per heavy atom. The number of carbonyl (C=O) groups excluding carboxylic acids is 1. The summed E-state index contributed by atoms with van der Waals surface area (Å²) in [6.07, 6.45) is 4.89. The van der Waals surface area contributed by atoms with E-state index in [1.165, 1.54) is 0 Å². The molecular formula is C13H24N2O4. The van der Waals surface area contributed by atoms with E-state index >= 15 is 0 Å². The molecule has 6 nitrogen and oxygen atoms in total. The molecule has 1 aliphatic rings. The molecule has 0 spiro atoms. The van der Waals surface area contributed by atoms with E-state index in [4.69, 9.17) is 9.84 Å².